The number of halogens is 1. The standard InChI is InChI=1S/C16H24N6O.ClH/c1-10-15(11(2)21(3)20-10)13-8-14(19-18-13)16(23)22-7-5-4-6-12(22)9-17;/h8,12H,4-7,9,17H2,1-3H3,(H,18,19);1H. The molecule has 1 fully saturated rings. The summed E-state index contributed by atoms with van der Waals surface area (Å²) in [6.45, 7) is 5.22. The maximum absolute atomic E-state index is 12.8. The van der Waals surface area contributed by atoms with Gasteiger partial charge in [-0.3, -0.25) is 14.6 Å². The Bertz CT molecular complexity index is 722. The third kappa shape index (κ3) is 3.18. The molecule has 0 spiro atoms. The summed E-state index contributed by atoms with van der Waals surface area (Å²) in [7, 11) is 1.91. The Balaban J connectivity index is 0.00000208. The molecule has 3 heterocycles. The molecule has 1 atom stereocenters. The highest BCUT2D eigenvalue weighted by Crippen LogP contribution is 2.26. The first-order valence-electron chi connectivity index (χ1n) is 8.10. The second kappa shape index (κ2) is 7.36. The Morgan fingerprint density at radius 3 is 2.79 bits per heavy atom. The van der Waals surface area contributed by atoms with Crippen molar-refractivity contribution in [3.8, 4) is 11.3 Å². The zero-order valence-corrected chi connectivity index (χ0v) is 15.2. The van der Waals surface area contributed by atoms with Gasteiger partial charge >= 0.3 is 0 Å². The number of rotatable bonds is 3. The second-order valence-corrected chi connectivity index (χ2v) is 6.22. The SMILES string of the molecule is Cc1nn(C)c(C)c1-c1cc(C(=O)N2CCCCC2CN)[nH]n1.Cl. The lowest BCUT2D eigenvalue weighted by Crippen LogP contribution is -2.47. The van der Waals surface area contributed by atoms with Gasteiger partial charge in [0.1, 0.15) is 5.69 Å². The van der Waals surface area contributed by atoms with Gasteiger partial charge in [0.25, 0.3) is 5.91 Å². The number of carbonyl (C=O) groups excluding carboxylic acids is 1. The van der Waals surface area contributed by atoms with Crippen LogP contribution in [0, 0.1) is 13.8 Å². The van der Waals surface area contributed by atoms with Crippen molar-refractivity contribution in [2.24, 2.45) is 12.8 Å². The molecule has 0 bridgehead atoms. The van der Waals surface area contributed by atoms with Crippen molar-refractivity contribution in [2.75, 3.05) is 13.1 Å². The number of H-pyrrole nitrogens is 1. The van der Waals surface area contributed by atoms with Crippen LogP contribution >= 0.6 is 12.4 Å². The largest absolute Gasteiger partial charge is 0.333 e. The lowest BCUT2D eigenvalue weighted by molar-refractivity contribution is 0.0617. The first-order valence-corrected chi connectivity index (χ1v) is 8.10. The molecule has 1 aliphatic rings. The predicted octanol–water partition coefficient (Wildman–Crippen LogP) is 1.80. The zero-order valence-electron chi connectivity index (χ0n) is 14.4. The number of amides is 1. The molecule has 0 aromatic carbocycles. The van der Waals surface area contributed by atoms with E-state index in [-0.39, 0.29) is 24.4 Å². The average molecular weight is 353 g/mol. The molecule has 0 saturated carbocycles. The number of carbonyl (C=O) groups is 1. The monoisotopic (exact) mass is 352 g/mol. The minimum absolute atomic E-state index is 0. The first-order chi connectivity index (χ1) is 11.0. The molecular weight excluding hydrogens is 328 g/mol. The third-order valence-corrected chi connectivity index (χ3v) is 4.73. The predicted molar refractivity (Wildman–Crippen MR) is 95.2 cm³/mol. The molecule has 132 valence electrons. The molecule has 3 N–H and O–H groups in total. The van der Waals surface area contributed by atoms with Crippen molar-refractivity contribution in [3.63, 3.8) is 0 Å². The van der Waals surface area contributed by atoms with Gasteiger partial charge in [0, 0.05) is 37.4 Å². The van der Waals surface area contributed by atoms with Crippen LogP contribution in [0.15, 0.2) is 6.07 Å². The summed E-state index contributed by atoms with van der Waals surface area (Å²) in [6.07, 6.45) is 3.14. The molecular formula is C16H25ClN6O. The van der Waals surface area contributed by atoms with Crippen molar-refractivity contribution < 1.29 is 4.79 Å². The minimum atomic E-state index is -0.0157. The normalized spacial score (nSPS) is 17.7. The number of hydrogen-bond donors (Lipinski definition) is 2. The number of likely N-dealkylation sites (tertiary alicyclic amines) is 1. The van der Waals surface area contributed by atoms with Crippen LogP contribution in [-0.2, 0) is 7.05 Å². The Morgan fingerprint density at radius 1 is 1.42 bits per heavy atom. The van der Waals surface area contributed by atoms with Gasteiger partial charge in [0.05, 0.1) is 11.4 Å². The van der Waals surface area contributed by atoms with Gasteiger partial charge < -0.3 is 10.6 Å². The summed E-state index contributed by atoms with van der Waals surface area (Å²) in [6, 6.07) is 1.95. The van der Waals surface area contributed by atoms with Gasteiger partial charge in [-0.2, -0.15) is 10.2 Å². The highest BCUT2D eigenvalue weighted by molar-refractivity contribution is 5.93. The van der Waals surface area contributed by atoms with Crippen molar-refractivity contribution in [2.45, 2.75) is 39.2 Å². The van der Waals surface area contributed by atoms with Gasteiger partial charge in [0.15, 0.2) is 0 Å². The number of nitrogens with zero attached hydrogens (tertiary/aromatic N) is 4. The fraction of sp³-hybridized carbons (Fsp3) is 0.562. The Labute approximate surface area is 148 Å². The van der Waals surface area contributed by atoms with Gasteiger partial charge in [-0.1, -0.05) is 0 Å². The van der Waals surface area contributed by atoms with Crippen molar-refractivity contribution in [1.29, 1.82) is 0 Å². The van der Waals surface area contributed by atoms with Crippen LogP contribution in [0.3, 0.4) is 0 Å². The fourth-order valence-corrected chi connectivity index (χ4v) is 3.37. The van der Waals surface area contributed by atoms with Gasteiger partial charge in [-0.25, -0.2) is 0 Å². The maximum Gasteiger partial charge on any atom is 0.272 e. The number of aryl methyl sites for hydroxylation is 2. The summed E-state index contributed by atoms with van der Waals surface area (Å²) >= 11 is 0. The van der Waals surface area contributed by atoms with E-state index in [4.69, 9.17) is 5.73 Å². The van der Waals surface area contributed by atoms with Crippen molar-refractivity contribution >= 4 is 18.3 Å². The van der Waals surface area contributed by atoms with E-state index in [2.05, 4.69) is 15.3 Å². The zero-order chi connectivity index (χ0) is 16.6. The molecule has 7 nitrogen and oxygen atoms in total. The van der Waals surface area contributed by atoms with Crippen LogP contribution < -0.4 is 5.73 Å². The number of nitrogens with one attached hydrogen (secondary N) is 1. The molecule has 3 rings (SSSR count). The van der Waals surface area contributed by atoms with Crippen LogP contribution in [0.1, 0.15) is 41.1 Å². The van der Waals surface area contributed by atoms with Crippen molar-refractivity contribution in [1.82, 2.24) is 24.9 Å². The van der Waals surface area contributed by atoms with Crippen LogP contribution in [0.2, 0.25) is 0 Å². The summed E-state index contributed by atoms with van der Waals surface area (Å²) in [4.78, 5) is 14.6. The van der Waals surface area contributed by atoms with E-state index in [1.165, 1.54) is 0 Å². The number of piperidine rings is 1. The first kappa shape index (κ1) is 18.5. The smallest absolute Gasteiger partial charge is 0.272 e. The lowest BCUT2D eigenvalue weighted by Gasteiger charge is -2.34. The molecule has 2 aromatic rings. The van der Waals surface area contributed by atoms with Gasteiger partial charge in [-0.15, -0.1) is 12.4 Å². The molecule has 0 radical (unpaired) electrons. The summed E-state index contributed by atoms with van der Waals surface area (Å²) in [5, 5.41) is 11.6. The number of aromatic nitrogens is 4. The average Bonchev–Trinajstić information content (AvgIpc) is 3.12. The summed E-state index contributed by atoms with van der Waals surface area (Å²) in [5.74, 6) is -0.0157. The maximum atomic E-state index is 12.8. The van der Waals surface area contributed by atoms with Crippen LogP contribution in [0.5, 0.6) is 0 Å². The summed E-state index contributed by atoms with van der Waals surface area (Å²) < 4.78 is 1.83. The number of nitrogens with two attached hydrogens (primary N) is 1. The number of hydrogen-bond acceptors (Lipinski definition) is 4. The fourth-order valence-electron chi connectivity index (χ4n) is 3.37. The van der Waals surface area contributed by atoms with E-state index in [1.54, 1.807) is 0 Å². The Morgan fingerprint density at radius 2 is 2.17 bits per heavy atom. The van der Waals surface area contributed by atoms with E-state index in [0.717, 1.165) is 48.5 Å². The third-order valence-electron chi connectivity index (χ3n) is 4.73. The van der Waals surface area contributed by atoms with E-state index >= 15 is 0 Å². The highest BCUT2D eigenvalue weighted by Gasteiger charge is 2.28. The number of aromatic amines is 1. The molecule has 2 aromatic heterocycles. The van der Waals surface area contributed by atoms with Gasteiger partial charge in [0.2, 0.25) is 0 Å². The van der Waals surface area contributed by atoms with E-state index in [9.17, 15) is 4.79 Å². The molecule has 1 unspecified atom stereocenters. The molecule has 1 saturated heterocycles. The van der Waals surface area contributed by atoms with Crippen LogP contribution in [0.4, 0.5) is 0 Å². The Hall–Kier alpha value is -1.86. The topological polar surface area (TPSA) is 92.8 Å². The van der Waals surface area contributed by atoms with E-state index in [0.29, 0.717) is 12.2 Å². The van der Waals surface area contributed by atoms with Crippen LogP contribution in [0.25, 0.3) is 11.3 Å². The quantitative estimate of drug-likeness (QED) is 0.880. The summed E-state index contributed by atoms with van der Waals surface area (Å²) in [5.41, 5.74) is 10.0. The molecule has 24 heavy (non-hydrogen) atoms. The minimum Gasteiger partial charge on any atom is -0.333 e. The van der Waals surface area contributed by atoms with E-state index < -0.39 is 0 Å². The molecule has 1 aliphatic heterocycles. The van der Waals surface area contributed by atoms with Gasteiger partial charge in [-0.05, 0) is 39.2 Å². The van der Waals surface area contributed by atoms with Crippen LogP contribution in [-0.4, -0.2) is 49.9 Å². The molecule has 8 heteroatoms. The van der Waals surface area contributed by atoms with Crippen molar-refractivity contribution in [3.05, 3.63) is 23.1 Å². The molecule has 1 amide bonds. The highest BCUT2D eigenvalue weighted by atomic mass is 35.5. The Kier molecular flexibility index (Phi) is 5.66. The second-order valence-electron chi connectivity index (χ2n) is 6.22. The molecule has 0 aliphatic carbocycles. The van der Waals surface area contributed by atoms with E-state index in [1.807, 2.05) is 36.5 Å². The lowest BCUT2D eigenvalue weighted by atomic mass is 10.0.